The van der Waals surface area contributed by atoms with Crippen molar-refractivity contribution in [3.8, 4) is 0 Å². The number of hydrogen-bond acceptors (Lipinski definition) is 29. The minimum atomic E-state index is -1.55. The normalized spacial score (nSPS) is 14.9. The van der Waals surface area contributed by atoms with Crippen LogP contribution in [0.1, 0.15) is 133 Å². The van der Waals surface area contributed by atoms with E-state index in [-0.39, 0.29) is 151 Å². The van der Waals surface area contributed by atoms with Gasteiger partial charge in [-0.1, -0.05) is 106 Å². The summed E-state index contributed by atoms with van der Waals surface area (Å²) in [6.07, 6.45) is -1.13. The van der Waals surface area contributed by atoms with Crippen LogP contribution < -0.4 is 63.8 Å². The molecule has 43 heteroatoms. The Hall–Kier alpha value is -9.41. The van der Waals surface area contributed by atoms with E-state index in [4.69, 9.17) is 61.6 Å². The summed E-state index contributed by atoms with van der Waals surface area (Å²) < 4.78 is 71.5. The molecule has 11 atom stereocenters. The summed E-state index contributed by atoms with van der Waals surface area (Å²) >= 11 is 0. The maximum atomic E-state index is 14.6. The quantitative estimate of drug-likeness (QED) is 0.0270. The zero-order valence-corrected chi connectivity index (χ0v) is 80.8. The molecule has 1 aliphatic rings. The zero-order valence-electron chi connectivity index (χ0n) is 80.8. The first kappa shape index (κ1) is 119. The number of likely N-dealkylation sites (tertiary alicyclic amines) is 1. The van der Waals surface area contributed by atoms with E-state index in [1.165, 1.54) is 21.1 Å². The molecule has 754 valence electrons. The Labute approximate surface area is 777 Å². The van der Waals surface area contributed by atoms with Crippen molar-refractivity contribution in [2.75, 3.05) is 227 Å². The molecular weight excluding hydrogens is 1730 g/mol. The number of amides is 14. The Bertz CT molecular complexity index is 3560. The van der Waals surface area contributed by atoms with Crippen molar-refractivity contribution in [3.63, 3.8) is 0 Å². The van der Waals surface area contributed by atoms with Gasteiger partial charge in [0.1, 0.15) is 30.8 Å². The van der Waals surface area contributed by atoms with Crippen LogP contribution in [-0.2, 0) is 135 Å². The van der Waals surface area contributed by atoms with Crippen LogP contribution in [0.15, 0.2) is 30.3 Å². The Kier molecular flexibility index (Phi) is 62.4. The SMILES string of the molecule is CC[C@H](C)[C@@H]([C@@H](CC(=O)N1CCC[C@H]1[C@H](OC)[C@@H](C)C(=O)N[C@@H](Cc1ccccc1)C(=O)NCCCOC(=O)C(C)NC(=O)CCNC(=O)OCC(NC(=O)CNC(=O)CNC(=O)CNC(=O)CNC(=O)CCNC(=O)CCOCC(C)(C)C)C(=O)NCCOCCOCCOCCOCCOCCOCCOCCOC)OC)N(C)C(=O)[C@@H](NC(=O)[C@H](C(C)C)N(C)C)C(C)C. The fourth-order valence-corrected chi connectivity index (χ4v) is 13.6. The van der Waals surface area contributed by atoms with E-state index in [1.54, 1.807) is 43.0 Å². The molecule has 1 aliphatic heterocycles. The number of carbonyl (C=O) groups excluding carboxylic acids is 15. The van der Waals surface area contributed by atoms with Gasteiger partial charge in [-0.05, 0) is 69.0 Å². The van der Waals surface area contributed by atoms with Crippen molar-refractivity contribution < 1.29 is 133 Å². The molecule has 12 N–H and O–H groups in total. The van der Waals surface area contributed by atoms with Gasteiger partial charge < -0.3 is 135 Å². The molecule has 14 amide bonds. The van der Waals surface area contributed by atoms with Gasteiger partial charge in [-0.2, -0.15) is 0 Å². The fraction of sp³-hybridized carbons (Fsp3) is 0.764. The molecular formula is C89H155N15O28. The Morgan fingerprint density at radius 3 is 1.50 bits per heavy atom. The van der Waals surface area contributed by atoms with Crippen LogP contribution in [0, 0.1) is 29.1 Å². The third kappa shape index (κ3) is 52.3. The van der Waals surface area contributed by atoms with Gasteiger partial charge in [-0.25, -0.2) is 9.59 Å². The number of ether oxygens (including phenoxy) is 13. The molecule has 1 heterocycles. The molecule has 0 aliphatic carbocycles. The number of esters is 1. The molecule has 1 aromatic rings. The van der Waals surface area contributed by atoms with E-state index in [2.05, 4.69) is 63.8 Å². The summed E-state index contributed by atoms with van der Waals surface area (Å²) in [5.74, 6) is -9.65. The van der Waals surface area contributed by atoms with Gasteiger partial charge in [0.15, 0.2) is 0 Å². The minimum Gasteiger partial charge on any atom is -0.464 e. The molecule has 132 heavy (non-hydrogen) atoms. The van der Waals surface area contributed by atoms with Crippen molar-refractivity contribution in [2.24, 2.45) is 29.1 Å². The fourth-order valence-electron chi connectivity index (χ4n) is 13.6. The molecule has 0 radical (unpaired) electrons. The highest BCUT2D eigenvalue weighted by atomic mass is 16.6. The molecule has 1 saturated heterocycles. The standard InChI is InChI=1S/C89H155N15O28/c1-18-62(6)80(103(14)86(117)78(60(2)3)101-85(116)79(61(4)5)102(12)13)69(121-16)53-77(112)104-34-22-26-68(104)81(122-17)63(7)82(113)100-66(52-65-24-20-19-21-25-65)83(114)91-30-23-35-131-87(118)64(8)98-72(107)28-32-93-88(119)132-58-67(84(115)92-33-37-123-40-41-125-44-45-127-48-49-129-51-50-128-47-46-126-43-42-124-39-38-120-15)99-76(111)57-97-75(110)56-96-74(109)55-95-73(108)54-94-70(105)27-31-90-71(106)29-36-130-59-89(9,10)11/h19-21,24-25,60-64,66-69,78-81H,18,22-23,26-59H2,1-17H3,(H,90,106)(H,91,114)(H,92,115)(H,93,119)(H,94,105)(H,95,108)(H,96,109)(H,97,110)(H,98,107)(H,99,111)(H,100,113)(H,101,116)/t62-,63+,64?,66-,67?,68-,69+,78-,79-,80-,81+/m0/s1. The molecule has 43 nitrogen and oxygen atoms in total. The lowest BCUT2D eigenvalue weighted by Gasteiger charge is -2.41. The van der Waals surface area contributed by atoms with E-state index in [9.17, 15) is 71.9 Å². The summed E-state index contributed by atoms with van der Waals surface area (Å²) in [5, 5.41) is 30.3. The first-order valence-corrected chi connectivity index (χ1v) is 45.5. The van der Waals surface area contributed by atoms with Crippen molar-refractivity contribution in [3.05, 3.63) is 35.9 Å². The molecule has 0 saturated carbocycles. The molecule has 2 rings (SSSR count). The van der Waals surface area contributed by atoms with E-state index in [0.717, 1.165) is 5.56 Å². The van der Waals surface area contributed by atoms with Crippen LogP contribution in [0.3, 0.4) is 0 Å². The highest BCUT2D eigenvalue weighted by Gasteiger charge is 2.44. The van der Waals surface area contributed by atoms with Gasteiger partial charge >= 0.3 is 12.1 Å². The molecule has 2 unspecified atom stereocenters. The second-order valence-corrected chi connectivity index (χ2v) is 33.9. The average Bonchev–Trinajstić information content (AvgIpc) is 1.46. The van der Waals surface area contributed by atoms with Crippen molar-refractivity contribution in [1.82, 2.24) is 78.5 Å². The van der Waals surface area contributed by atoms with Crippen LogP contribution in [0.5, 0.6) is 0 Å². The second-order valence-electron chi connectivity index (χ2n) is 33.9. The minimum absolute atomic E-state index is 0.00762. The smallest absolute Gasteiger partial charge is 0.407 e. The second kappa shape index (κ2) is 69.4. The lowest BCUT2D eigenvalue weighted by molar-refractivity contribution is -0.148. The molecule has 0 bridgehead atoms. The van der Waals surface area contributed by atoms with Crippen molar-refractivity contribution >= 4 is 88.9 Å². The summed E-state index contributed by atoms with van der Waals surface area (Å²) in [6, 6.07) is 2.80. The van der Waals surface area contributed by atoms with E-state index >= 15 is 0 Å². The van der Waals surface area contributed by atoms with Crippen LogP contribution in [0.4, 0.5) is 4.79 Å². The molecule has 1 aromatic carbocycles. The van der Waals surface area contributed by atoms with Crippen LogP contribution >= 0.6 is 0 Å². The summed E-state index contributed by atoms with van der Waals surface area (Å²) in [6.45, 7) is 23.2. The predicted molar refractivity (Wildman–Crippen MR) is 485 cm³/mol. The third-order valence-electron chi connectivity index (χ3n) is 20.8. The third-order valence-corrected chi connectivity index (χ3v) is 20.8. The topological polar surface area (TPSA) is 530 Å². The van der Waals surface area contributed by atoms with Crippen molar-refractivity contribution in [1.29, 1.82) is 0 Å². The van der Waals surface area contributed by atoms with Gasteiger partial charge in [-0.15, -0.1) is 0 Å². The molecule has 1 fully saturated rings. The Balaban J connectivity index is 1.97. The van der Waals surface area contributed by atoms with Gasteiger partial charge in [0, 0.05) is 86.8 Å². The number of rotatable bonds is 73. The number of nitrogens with one attached hydrogen (secondary N) is 12. The lowest BCUT2D eigenvalue weighted by atomic mass is 9.89. The molecule has 0 spiro atoms. The van der Waals surface area contributed by atoms with Gasteiger partial charge in [0.25, 0.3) is 0 Å². The number of methoxy groups -OCH3 is 3. The van der Waals surface area contributed by atoms with Crippen molar-refractivity contribution in [2.45, 2.75) is 188 Å². The number of carbonyl (C=O) groups is 15. The maximum absolute atomic E-state index is 14.6. The van der Waals surface area contributed by atoms with E-state index in [1.807, 2.05) is 99.5 Å². The largest absolute Gasteiger partial charge is 0.464 e. The van der Waals surface area contributed by atoms with E-state index in [0.29, 0.717) is 105 Å². The zero-order chi connectivity index (χ0) is 98.4. The Morgan fingerprint density at radius 1 is 0.477 bits per heavy atom. The first-order valence-electron chi connectivity index (χ1n) is 45.5. The summed E-state index contributed by atoms with van der Waals surface area (Å²) in [4.78, 5) is 204. The van der Waals surface area contributed by atoms with Gasteiger partial charge in [0.2, 0.25) is 76.8 Å². The van der Waals surface area contributed by atoms with Crippen LogP contribution in [0.25, 0.3) is 0 Å². The number of likely N-dealkylation sites (N-methyl/N-ethyl adjacent to an activating group) is 2. The monoisotopic (exact) mass is 1880 g/mol. The highest BCUT2D eigenvalue weighted by Crippen LogP contribution is 2.30. The average molecular weight is 1880 g/mol. The first-order chi connectivity index (χ1) is 62.9. The number of benzene rings is 1. The molecule has 0 aromatic heterocycles. The van der Waals surface area contributed by atoms with E-state index < -0.39 is 158 Å². The predicted octanol–water partition coefficient (Wildman–Crippen LogP) is -1.18. The number of hydrogen-bond donors (Lipinski definition) is 12. The van der Waals surface area contributed by atoms with Gasteiger partial charge in [-0.3, -0.25) is 67.2 Å². The number of nitrogens with zero attached hydrogens (tertiary/aromatic N) is 3. The number of alkyl carbamates (subject to hydrolysis) is 1. The summed E-state index contributed by atoms with van der Waals surface area (Å²) in [7, 11) is 9.90. The maximum Gasteiger partial charge on any atom is 0.407 e. The van der Waals surface area contributed by atoms with Crippen LogP contribution in [0.2, 0.25) is 0 Å². The lowest BCUT2D eigenvalue weighted by Crippen LogP contribution is -2.59. The highest BCUT2D eigenvalue weighted by molar-refractivity contribution is 5.94. The van der Waals surface area contributed by atoms with Crippen LogP contribution in [-0.4, -0.2) is 385 Å². The summed E-state index contributed by atoms with van der Waals surface area (Å²) in [5.41, 5.74) is 0.691. The Morgan fingerprint density at radius 2 is 0.985 bits per heavy atom. The van der Waals surface area contributed by atoms with Gasteiger partial charge in [0.05, 0.1) is 188 Å².